The fraction of sp³-hybridized carbons (Fsp3) is 0.650. The number of nitrogens with one attached hydrogen (secondary N) is 1. The SMILES string of the molecule is CCNC(=NCC(c1cnn(C)c1)N(C)C)N1CCC(C)C(n2ccnc2)C1.I. The first-order valence-corrected chi connectivity index (χ1v) is 10.1. The van der Waals surface area contributed by atoms with Gasteiger partial charge in [0, 0.05) is 50.8 Å². The van der Waals surface area contributed by atoms with Crippen molar-refractivity contribution in [3.05, 3.63) is 36.7 Å². The van der Waals surface area contributed by atoms with Crippen molar-refractivity contribution in [2.45, 2.75) is 32.4 Å². The van der Waals surface area contributed by atoms with Crippen molar-refractivity contribution in [1.29, 1.82) is 0 Å². The summed E-state index contributed by atoms with van der Waals surface area (Å²) in [5.41, 5.74) is 1.19. The molecule has 1 aliphatic heterocycles. The van der Waals surface area contributed by atoms with E-state index in [2.05, 4.69) is 70.1 Å². The highest BCUT2D eigenvalue weighted by Crippen LogP contribution is 2.27. The Balaban J connectivity index is 0.00000300. The zero-order chi connectivity index (χ0) is 20.1. The number of likely N-dealkylation sites (N-methyl/N-ethyl adjacent to an activating group) is 1. The lowest BCUT2D eigenvalue weighted by Gasteiger charge is -2.39. The van der Waals surface area contributed by atoms with E-state index < -0.39 is 0 Å². The quantitative estimate of drug-likeness (QED) is 0.365. The van der Waals surface area contributed by atoms with E-state index in [-0.39, 0.29) is 30.0 Å². The van der Waals surface area contributed by atoms with Gasteiger partial charge >= 0.3 is 0 Å². The highest BCUT2D eigenvalue weighted by atomic mass is 127. The Morgan fingerprint density at radius 2 is 2.21 bits per heavy atom. The van der Waals surface area contributed by atoms with Crippen molar-refractivity contribution in [2.24, 2.45) is 18.0 Å². The first kappa shape index (κ1) is 23.7. The van der Waals surface area contributed by atoms with Gasteiger partial charge in [-0.2, -0.15) is 5.10 Å². The van der Waals surface area contributed by atoms with Gasteiger partial charge in [-0.3, -0.25) is 9.67 Å². The lowest BCUT2D eigenvalue weighted by Crippen LogP contribution is -2.49. The lowest BCUT2D eigenvalue weighted by atomic mass is 9.93. The highest BCUT2D eigenvalue weighted by molar-refractivity contribution is 14.0. The summed E-state index contributed by atoms with van der Waals surface area (Å²) in [6.07, 6.45) is 11.0. The van der Waals surface area contributed by atoms with Crippen LogP contribution in [0, 0.1) is 5.92 Å². The standard InChI is InChI=1S/C20H34N8.HI/c1-6-22-20(23-12-18(25(3)4)17-11-24-26(5)13-17)27-9-7-16(2)19(14-27)28-10-8-21-15-28;/h8,10-11,13,15-16,18-19H,6-7,9,12,14H2,1-5H3,(H,22,23);1H. The monoisotopic (exact) mass is 514 g/mol. The van der Waals surface area contributed by atoms with Gasteiger partial charge in [-0.15, -0.1) is 24.0 Å². The molecule has 3 atom stereocenters. The van der Waals surface area contributed by atoms with E-state index in [4.69, 9.17) is 4.99 Å². The maximum Gasteiger partial charge on any atom is 0.194 e. The van der Waals surface area contributed by atoms with Gasteiger partial charge in [0.25, 0.3) is 0 Å². The lowest BCUT2D eigenvalue weighted by molar-refractivity contribution is 0.188. The minimum Gasteiger partial charge on any atom is -0.357 e. The molecule has 0 aliphatic carbocycles. The Hall–Kier alpha value is -1.62. The predicted molar refractivity (Wildman–Crippen MR) is 128 cm³/mol. The molecule has 3 rings (SSSR count). The Kier molecular flexibility index (Phi) is 8.94. The van der Waals surface area contributed by atoms with E-state index in [1.165, 1.54) is 5.56 Å². The smallest absolute Gasteiger partial charge is 0.194 e. The molecule has 0 saturated carbocycles. The maximum absolute atomic E-state index is 5.01. The molecule has 9 heteroatoms. The van der Waals surface area contributed by atoms with Crippen molar-refractivity contribution in [1.82, 2.24) is 34.4 Å². The molecule has 0 radical (unpaired) electrons. The van der Waals surface area contributed by atoms with Crippen LogP contribution >= 0.6 is 24.0 Å². The average Bonchev–Trinajstić information content (AvgIpc) is 3.33. The third kappa shape index (κ3) is 5.94. The number of halogens is 1. The highest BCUT2D eigenvalue weighted by Gasteiger charge is 2.29. The molecule has 0 spiro atoms. The predicted octanol–water partition coefficient (Wildman–Crippen LogP) is 2.39. The molecule has 1 N–H and O–H groups in total. The molecule has 1 fully saturated rings. The largest absolute Gasteiger partial charge is 0.357 e. The van der Waals surface area contributed by atoms with E-state index in [0.29, 0.717) is 18.5 Å². The number of hydrogen-bond acceptors (Lipinski definition) is 4. The van der Waals surface area contributed by atoms with E-state index in [1.54, 1.807) is 0 Å². The summed E-state index contributed by atoms with van der Waals surface area (Å²) in [6.45, 7) is 7.99. The van der Waals surface area contributed by atoms with Gasteiger partial charge in [0.05, 0.1) is 31.2 Å². The normalized spacial score (nSPS) is 21.2. The Morgan fingerprint density at radius 1 is 1.41 bits per heavy atom. The number of likely N-dealkylation sites (tertiary alicyclic amines) is 1. The third-order valence-corrected chi connectivity index (χ3v) is 5.61. The number of hydrogen-bond donors (Lipinski definition) is 1. The summed E-state index contributed by atoms with van der Waals surface area (Å²) in [7, 11) is 6.14. The zero-order valence-electron chi connectivity index (χ0n) is 18.2. The molecule has 1 aliphatic rings. The van der Waals surface area contributed by atoms with Gasteiger partial charge in [0.15, 0.2) is 5.96 Å². The van der Waals surface area contributed by atoms with Crippen molar-refractivity contribution >= 4 is 29.9 Å². The Morgan fingerprint density at radius 3 is 2.79 bits per heavy atom. The van der Waals surface area contributed by atoms with Crippen LogP contribution in [0.5, 0.6) is 0 Å². The molecule has 8 nitrogen and oxygen atoms in total. The van der Waals surface area contributed by atoms with Crippen LogP contribution < -0.4 is 5.32 Å². The van der Waals surface area contributed by atoms with E-state index >= 15 is 0 Å². The molecule has 0 amide bonds. The minimum absolute atomic E-state index is 0. The molecule has 0 aromatic carbocycles. The van der Waals surface area contributed by atoms with Gasteiger partial charge in [-0.25, -0.2) is 4.98 Å². The van der Waals surface area contributed by atoms with Crippen LogP contribution in [0.2, 0.25) is 0 Å². The first-order chi connectivity index (χ1) is 13.5. The summed E-state index contributed by atoms with van der Waals surface area (Å²) in [4.78, 5) is 13.8. The number of rotatable bonds is 6. The molecule has 29 heavy (non-hydrogen) atoms. The van der Waals surface area contributed by atoms with Crippen LogP contribution in [0.25, 0.3) is 0 Å². The van der Waals surface area contributed by atoms with Gasteiger partial charge in [-0.1, -0.05) is 6.92 Å². The molecular weight excluding hydrogens is 479 g/mol. The van der Waals surface area contributed by atoms with Crippen LogP contribution in [-0.4, -0.2) is 75.4 Å². The van der Waals surface area contributed by atoms with Gasteiger partial charge in [0.2, 0.25) is 0 Å². The second kappa shape index (κ2) is 11.0. The fourth-order valence-electron chi connectivity index (χ4n) is 3.87. The molecule has 3 heterocycles. The van der Waals surface area contributed by atoms with Crippen LogP contribution in [0.15, 0.2) is 36.1 Å². The van der Waals surface area contributed by atoms with Crippen molar-refractivity contribution < 1.29 is 0 Å². The minimum atomic E-state index is 0. The summed E-state index contributed by atoms with van der Waals surface area (Å²) >= 11 is 0. The maximum atomic E-state index is 5.01. The number of nitrogens with zero attached hydrogens (tertiary/aromatic N) is 7. The molecular formula is C20H35IN8. The van der Waals surface area contributed by atoms with Gasteiger partial charge < -0.3 is 19.7 Å². The summed E-state index contributed by atoms with van der Waals surface area (Å²) in [6, 6.07) is 0.624. The zero-order valence-corrected chi connectivity index (χ0v) is 20.5. The second-order valence-electron chi connectivity index (χ2n) is 7.91. The number of aromatic nitrogens is 4. The van der Waals surface area contributed by atoms with E-state index in [0.717, 1.165) is 32.0 Å². The van der Waals surface area contributed by atoms with E-state index in [1.807, 2.05) is 30.5 Å². The van der Waals surface area contributed by atoms with Crippen LogP contribution in [0.3, 0.4) is 0 Å². The molecule has 1 saturated heterocycles. The first-order valence-electron chi connectivity index (χ1n) is 10.1. The second-order valence-corrected chi connectivity index (χ2v) is 7.91. The Labute approximate surface area is 191 Å². The summed E-state index contributed by atoms with van der Waals surface area (Å²) in [5.74, 6) is 1.62. The van der Waals surface area contributed by atoms with Crippen molar-refractivity contribution in [2.75, 3.05) is 40.3 Å². The van der Waals surface area contributed by atoms with Crippen LogP contribution in [-0.2, 0) is 7.05 Å². The molecule has 2 aromatic heterocycles. The van der Waals surface area contributed by atoms with Crippen molar-refractivity contribution in [3.8, 4) is 0 Å². The molecule has 162 valence electrons. The number of piperidine rings is 1. The van der Waals surface area contributed by atoms with E-state index in [9.17, 15) is 0 Å². The van der Waals surface area contributed by atoms with Crippen molar-refractivity contribution in [3.63, 3.8) is 0 Å². The topological polar surface area (TPSA) is 66.5 Å². The third-order valence-electron chi connectivity index (χ3n) is 5.61. The number of aliphatic imine (C=N–C) groups is 1. The Bertz CT molecular complexity index is 754. The number of guanidine groups is 1. The summed E-state index contributed by atoms with van der Waals surface area (Å²) < 4.78 is 4.08. The molecule has 0 bridgehead atoms. The average molecular weight is 514 g/mol. The number of aryl methyl sites for hydroxylation is 1. The fourth-order valence-corrected chi connectivity index (χ4v) is 3.87. The summed E-state index contributed by atoms with van der Waals surface area (Å²) in [5, 5.41) is 7.82. The number of imidazole rings is 1. The molecule has 3 unspecified atom stereocenters. The van der Waals surface area contributed by atoms with Gasteiger partial charge in [0.1, 0.15) is 0 Å². The van der Waals surface area contributed by atoms with Crippen LogP contribution in [0.4, 0.5) is 0 Å². The molecule has 2 aromatic rings. The van der Waals surface area contributed by atoms with Gasteiger partial charge in [-0.05, 0) is 33.4 Å². The van der Waals surface area contributed by atoms with Crippen LogP contribution in [0.1, 0.15) is 37.9 Å².